The third-order valence-corrected chi connectivity index (χ3v) is 5.46. The van der Waals surface area contributed by atoms with Crippen LogP contribution >= 0.6 is 11.8 Å². The number of primary amides is 1. The van der Waals surface area contributed by atoms with Gasteiger partial charge >= 0.3 is 6.09 Å². The van der Waals surface area contributed by atoms with E-state index in [0.717, 1.165) is 30.3 Å². The molecular formula is C16H20FN3O3S. The third-order valence-electron chi connectivity index (χ3n) is 4.52. The van der Waals surface area contributed by atoms with E-state index in [9.17, 15) is 14.1 Å². The van der Waals surface area contributed by atoms with Crippen LogP contribution in [0.25, 0.3) is 0 Å². The van der Waals surface area contributed by atoms with Gasteiger partial charge in [0.25, 0.3) is 0 Å². The summed E-state index contributed by atoms with van der Waals surface area (Å²) in [6.07, 6.45) is -2.02. The molecule has 3 rings (SSSR count). The second-order valence-electron chi connectivity index (χ2n) is 5.99. The molecule has 8 heteroatoms. The van der Waals surface area contributed by atoms with Crippen molar-refractivity contribution in [1.82, 2.24) is 5.12 Å². The first kappa shape index (κ1) is 16.9. The maximum absolute atomic E-state index is 14.2. The van der Waals surface area contributed by atoms with Crippen molar-refractivity contribution >= 4 is 29.4 Å². The lowest BCUT2D eigenvalue weighted by atomic mass is 9.92. The molecule has 2 heterocycles. The first-order valence-electron chi connectivity index (χ1n) is 7.86. The molecule has 2 amide bonds. The number of cyclic esters (lactones) is 1. The molecule has 2 fully saturated rings. The Hall–Kier alpha value is -1.96. The van der Waals surface area contributed by atoms with Gasteiger partial charge in [-0.2, -0.15) is 11.8 Å². The van der Waals surface area contributed by atoms with Gasteiger partial charge in [-0.25, -0.2) is 4.79 Å². The zero-order valence-electron chi connectivity index (χ0n) is 13.4. The van der Waals surface area contributed by atoms with Gasteiger partial charge in [0.2, 0.25) is 5.91 Å². The fraction of sp³-hybridized carbons (Fsp3) is 0.500. The van der Waals surface area contributed by atoms with E-state index in [0.29, 0.717) is 5.56 Å². The molecule has 0 aliphatic carbocycles. The predicted octanol–water partition coefficient (Wildman–Crippen LogP) is 2.11. The molecule has 2 N–H and O–H groups in total. The molecule has 6 nitrogen and oxygen atoms in total. The second-order valence-corrected chi connectivity index (χ2v) is 7.21. The first-order chi connectivity index (χ1) is 11.5. The Kier molecular flexibility index (Phi) is 4.84. The number of hydrogen-bond acceptors (Lipinski definition) is 5. The van der Waals surface area contributed by atoms with Gasteiger partial charge in [-0.05, 0) is 24.6 Å². The molecule has 0 bridgehead atoms. The van der Waals surface area contributed by atoms with Crippen molar-refractivity contribution in [3.05, 3.63) is 29.8 Å². The van der Waals surface area contributed by atoms with Crippen LogP contribution in [-0.2, 0) is 9.53 Å². The van der Waals surface area contributed by atoms with E-state index in [1.165, 1.54) is 6.92 Å². The van der Waals surface area contributed by atoms with Crippen LogP contribution in [0.15, 0.2) is 24.3 Å². The molecule has 0 spiro atoms. The summed E-state index contributed by atoms with van der Waals surface area (Å²) >= 11 is 1.93. The molecule has 2 aliphatic rings. The van der Waals surface area contributed by atoms with Crippen molar-refractivity contribution in [2.75, 3.05) is 29.5 Å². The number of ether oxygens (including phenoxy) is 1. The Morgan fingerprint density at radius 3 is 2.54 bits per heavy atom. The molecule has 1 aromatic carbocycles. The van der Waals surface area contributed by atoms with Crippen molar-refractivity contribution in [3.8, 4) is 0 Å². The largest absolute Gasteiger partial charge is 0.441 e. The van der Waals surface area contributed by atoms with E-state index in [1.54, 1.807) is 12.1 Å². The van der Waals surface area contributed by atoms with Crippen LogP contribution in [0.5, 0.6) is 0 Å². The number of thioether (sulfide) groups is 1. The maximum Gasteiger partial charge on any atom is 0.439 e. The molecule has 0 radical (unpaired) electrons. The van der Waals surface area contributed by atoms with Gasteiger partial charge in [0.05, 0.1) is 5.92 Å². The monoisotopic (exact) mass is 353 g/mol. The van der Waals surface area contributed by atoms with Crippen molar-refractivity contribution in [2.45, 2.75) is 19.1 Å². The van der Waals surface area contributed by atoms with Gasteiger partial charge in [0.15, 0.2) is 0 Å². The lowest BCUT2D eigenvalue weighted by molar-refractivity contribution is -0.124. The minimum absolute atomic E-state index is 0.0383. The van der Waals surface area contributed by atoms with Gasteiger partial charge in [0, 0.05) is 30.3 Å². The van der Waals surface area contributed by atoms with Gasteiger partial charge in [0.1, 0.15) is 12.1 Å². The van der Waals surface area contributed by atoms with Crippen LogP contribution in [0.2, 0.25) is 0 Å². The lowest BCUT2D eigenvalue weighted by Crippen LogP contribution is -2.35. The number of anilines is 1. The highest BCUT2D eigenvalue weighted by atomic mass is 32.2. The fourth-order valence-electron chi connectivity index (χ4n) is 3.04. The highest BCUT2D eigenvalue weighted by Crippen LogP contribution is 2.38. The summed E-state index contributed by atoms with van der Waals surface area (Å²) in [5, 5.41) is 0.0383. The van der Waals surface area contributed by atoms with Crippen molar-refractivity contribution in [3.63, 3.8) is 0 Å². The lowest BCUT2D eigenvalue weighted by Gasteiger charge is -2.29. The molecule has 3 unspecified atom stereocenters. The van der Waals surface area contributed by atoms with Crippen LogP contribution in [0, 0.1) is 5.92 Å². The first-order valence-corrected chi connectivity index (χ1v) is 9.02. The van der Waals surface area contributed by atoms with E-state index in [1.807, 2.05) is 23.9 Å². The topological polar surface area (TPSA) is 75.9 Å². The number of amides is 2. The predicted molar refractivity (Wildman–Crippen MR) is 90.3 cm³/mol. The average molecular weight is 353 g/mol. The van der Waals surface area contributed by atoms with E-state index in [-0.39, 0.29) is 5.12 Å². The molecule has 1 aromatic rings. The Morgan fingerprint density at radius 2 is 1.96 bits per heavy atom. The highest BCUT2D eigenvalue weighted by molar-refractivity contribution is 7.99. The van der Waals surface area contributed by atoms with Gasteiger partial charge < -0.3 is 15.4 Å². The average Bonchev–Trinajstić information content (AvgIpc) is 2.90. The van der Waals surface area contributed by atoms with Gasteiger partial charge in [-0.15, -0.1) is 5.12 Å². The summed E-state index contributed by atoms with van der Waals surface area (Å²) in [5.74, 6) is 0.765. The maximum atomic E-state index is 14.2. The Morgan fingerprint density at radius 1 is 1.33 bits per heavy atom. The van der Waals surface area contributed by atoms with Crippen LogP contribution in [-0.4, -0.2) is 47.8 Å². The van der Waals surface area contributed by atoms with Gasteiger partial charge in [-0.3, -0.25) is 4.79 Å². The third kappa shape index (κ3) is 3.15. The minimum atomic E-state index is -1.09. The SMILES string of the molecule is CC(C(N)=O)C1OC(=O)N(F)C1c1ccc(N2CCSCC2)cc1. The quantitative estimate of drug-likeness (QED) is 0.839. The Labute approximate surface area is 144 Å². The summed E-state index contributed by atoms with van der Waals surface area (Å²) in [6.45, 7) is 3.49. The smallest absolute Gasteiger partial charge is 0.439 e. The number of rotatable bonds is 4. The number of benzene rings is 1. The zero-order chi connectivity index (χ0) is 17.3. The Bertz CT molecular complexity index is 621. The summed E-state index contributed by atoms with van der Waals surface area (Å²) in [6, 6.07) is 6.40. The van der Waals surface area contributed by atoms with Crippen LogP contribution in [0.3, 0.4) is 0 Å². The molecule has 0 aromatic heterocycles. The normalized spacial score (nSPS) is 25.5. The van der Waals surface area contributed by atoms with E-state index in [4.69, 9.17) is 10.5 Å². The summed E-state index contributed by atoms with van der Waals surface area (Å²) < 4.78 is 19.2. The number of carbonyl (C=O) groups excluding carboxylic acids is 2. The van der Waals surface area contributed by atoms with E-state index < -0.39 is 30.1 Å². The number of nitrogens with zero attached hydrogens (tertiary/aromatic N) is 2. The van der Waals surface area contributed by atoms with E-state index >= 15 is 0 Å². The van der Waals surface area contributed by atoms with Crippen LogP contribution < -0.4 is 10.6 Å². The fourth-order valence-corrected chi connectivity index (χ4v) is 3.94. The second kappa shape index (κ2) is 6.88. The van der Waals surface area contributed by atoms with Gasteiger partial charge in [-0.1, -0.05) is 16.6 Å². The minimum Gasteiger partial charge on any atom is -0.441 e. The molecular weight excluding hydrogens is 333 g/mol. The molecule has 24 heavy (non-hydrogen) atoms. The van der Waals surface area contributed by atoms with Crippen molar-refractivity contribution in [1.29, 1.82) is 0 Å². The molecule has 3 atom stereocenters. The summed E-state index contributed by atoms with van der Waals surface area (Å²) in [5.41, 5.74) is 6.93. The van der Waals surface area contributed by atoms with E-state index in [2.05, 4.69) is 4.90 Å². The molecule has 130 valence electrons. The zero-order valence-corrected chi connectivity index (χ0v) is 14.2. The number of hydrogen-bond donors (Lipinski definition) is 1. The standard InChI is InChI=1S/C16H20FN3O3S/c1-10(15(18)21)14-13(20(17)16(22)23-14)11-2-4-12(5-3-11)19-6-8-24-9-7-19/h2-5,10,13-14H,6-9H2,1H3,(H2,18,21). The highest BCUT2D eigenvalue weighted by Gasteiger charge is 2.47. The van der Waals surface area contributed by atoms with Crippen molar-refractivity contribution in [2.24, 2.45) is 11.7 Å². The molecule has 0 saturated carbocycles. The van der Waals surface area contributed by atoms with Crippen LogP contribution in [0.4, 0.5) is 15.0 Å². The summed E-state index contributed by atoms with van der Waals surface area (Å²) in [4.78, 5) is 25.3. The summed E-state index contributed by atoms with van der Waals surface area (Å²) in [7, 11) is 0. The number of halogens is 1. The molecule has 2 aliphatic heterocycles. The van der Waals surface area contributed by atoms with Crippen LogP contribution in [0.1, 0.15) is 18.5 Å². The number of nitrogens with two attached hydrogens (primary N) is 1. The Balaban J connectivity index is 1.82. The molecule has 2 saturated heterocycles. The number of carbonyl (C=O) groups is 2. The van der Waals surface area contributed by atoms with Crippen molar-refractivity contribution < 1.29 is 18.8 Å².